The van der Waals surface area contributed by atoms with Crippen LogP contribution in [0.4, 0.5) is 11.6 Å². The number of benzene rings is 1. The molecule has 0 amide bonds. The van der Waals surface area contributed by atoms with Crippen LogP contribution in [0.5, 0.6) is 11.5 Å². The number of nitrogens with zero attached hydrogens (tertiary/aromatic N) is 3. The molecular weight excluding hydrogens is 306 g/mol. The quantitative estimate of drug-likeness (QED) is 0.744. The minimum atomic E-state index is -0.0642. The lowest BCUT2D eigenvalue weighted by Crippen LogP contribution is -2.10. The van der Waals surface area contributed by atoms with Crippen LogP contribution < -0.4 is 20.5 Å². The lowest BCUT2D eigenvalue weighted by Gasteiger charge is -2.19. The van der Waals surface area contributed by atoms with E-state index in [1.807, 2.05) is 31.2 Å². The first kappa shape index (κ1) is 15.8. The highest BCUT2D eigenvalue weighted by molar-refractivity contribution is 5.87. The normalized spacial score (nSPS) is 12.0. The van der Waals surface area contributed by atoms with Crippen molar-refractivity contribution < 1.29 is 9.47 Å². The Hall–Kier alpha value is -3.09. The zero-order chi connectivity index (χ0) is 17.1. The number of fused-ring (bicyclic) bond motifs is 1. The Balaban J connectivity index is 1.97. The van der Waals surface area contributed by atoms with Crippen LogP contribution in [0.3, 0.4) is 0 Å². The molecule has 3 N–H and O–H groups in total. The Kier molecular flexibility index (Phi) is 4.33. The van der Waals surface area contributed by atoms with E-state index in [0.717, 1.165) is 22.4 Å². The number of ether oxygens (including phenoxy) is 2. The van der Waals surface area contributed by atoms with E-state index in [0.29, 0.717) is 17.3 Å². The molecule has 0 aliphatic heterocycles. The van der Waals surface area contributed by atoms with Crippen molar-refractivity contribution in [3.05, 3.63) is 42.2 Å². The van der Waals surface area contributed by atoms with Gasteiger partial charge in [0.25, 0.3) is 0 Å². The van der Waals surface area contributed by atoms with E-state index in [9.17, 15) is 0 Å². The third-order valence-corrected chi connectivity index (χ3v) is 3.78. The van der Waals surface area contributed by atoms with Crippen LogP contribution >= 0.6 is 0 Å². The van der Waals surface area contributed by atoms with Gasteiger partial charge in [0.1, 0.15) is 29.5 Å². The Morgan fingerprint density at radius 2 is 1.92 bits per heavy atom. The summed E-state index contributed by atoms with van der Waals surface area (Å²) < 4.78 is 10.8. The number of nitrogens with one attached hydrogen (secondary N) is 1. The van der Waals surface area contributed by atoms with Crippen molar-refractivity contribution in [1.82, 2.24) is 15.0 Å². The first-order chi connectivity index (χ1) is 11.6. The summed E-state index contributed by atoms with van der Waals surface area (Å²) in [5, 5.41) is 4.19. The molecule has 0 saturated carbocycles. The van der Waals surface area contributed by atoms with Gasteiger partial charge in [-0.2, -0.15) is 0 Å². The van der Waals surface area contributed by atoms with Crippen LogP contribution in [0.2, 0.25) is 0 Å². The first-order valence-corrected chi connectivity index (χ1v) is 7.48. The highest BCUT2D eigenvalue weighted by Crippen LogP contribution is 2.32. The van der Waals surface area contributed by atoms with Crippen LogP contribution in [0.15, 0.2) is 36.7 Å². The first-order valence-electron chi connectivity index (χ1n) is 7.48. The molecule has 3 rings (SSSR count). The lowest BCUT2D eigenvalue weighted by atomic mass is 10.1. The molecular formula is C17H19N5O2. The molecule has 124 valence electrons. The fraction of sp³-hybridized carbons (Fsp3) is 0.235. The molecule has 3 aromatic rings. The van der Waals surface area contributed by atoms with Gasteiger partial charge in [0.05, 0.1) is 25.6 Å². The predicted octanol–water partition coefficient (Wildman–Crippen LogP) is 2.80. The predicted molar refractivity (Wildman–Crippen MR) is 93.3 cm³/mol. The lowest BCUT2D eigenvalue weighted by molar-refractivity contribution is 0.397. The van der Waals surface area contributed by atoms with E-state index in [2.05, 4.69) is 20.3 Å². The summed E-state index contributed by atoms with van der Waals surface area (Å²) in [6, 6.07) is 9.21. The van der Waals surface area contributed by atoms with Crippen molar-refractivity contribution in [3.63, 3.8) is 0 Å². The van der Waals surface area contributed by atoms with Gasteiger partial charge < -0.3 is 20.5 Å². The number of rotatable bonds is 5. The van der Waals surface area contributed by atoms with Crippen molar-refractivity contribution >= 4 is 22.7 Å². The SMILES string of the molecule is COc1ccc(OC)c(C(C)Nc2ncnc3nc(N)ccc23)c1. The number of nitrogens with two attached hydrogens (primary N) is 1. The molecule has 7 heteroatoms. The molecule has 0 radical (unpaired) electrons. The summed E-state index contributed by atoms with van der Waals surface area (Å²) in [6.45, 7) is 2.02. The fourth-order valence-corrected chi connectivity index (χ4v) is 2.53. The summed E-state index contributed by atoms with van der Waals surface area (Å²) >= 11 is 0. The van der Waals surface area contributed by atoms with Crippen molar-refractivity contribution in [3.8, 4) is 11.5 Å². The van der Waals surface area contributed by atoms with Crippen LogP contribution in [-0.2, 0) is 0 Å². The summed E-state index contributed by atoms with van der Waals surface area (Å²) in [6.07, 6.45) is 1.46. The van der Waals surface area contributed by atoms with E-state index in [1.54, 1.807) is 20.3 Å². The van der Waals surface area contributed by atoms with Gasteiger partial charge in [0.2, 0.25) is 0 Å². The zero-order valence-electron chi connectivity index (χ0n) is 13.8. The smallest absolute Gasteiger partial charge is 0.166 e. The molecule has 0 aliphatic rings. The topological polar surface area (TPSA) is 95.2 Å². The molecule has 1 unspecified atom stereocenters. The van der Waals surface area contributed by atoms with Gasteiger partial charge in [0.15, 0.2) is 5.65 Å². The van der Waals surface area contributed by atoms with Crippen molar-refractivity contribution in [2.24, 2.45) is 0 Å². The van der Waals surface area contributed by atoms with Gasteiger partial charge in [-0.25, -0.2) is 15.0 Å². The minimum Gasteiger partial charge on any atom is -0.497 e. The number of pyridine rings is 1. The molecule has 0 saturated heterocycles. The molecule has 2 heterocycles. The third-order valence-electron chi connectivity index (χ3n) is 3.78. The standard InChI is InChI=1S/C17H19N5O2/c1-10(13-8-11(23-2)4-6-14(13)24-3)21-16-12-5-7-15(18)22-17(12)20-9-19-16/h4-10H,1-3H3,(H3,18,19,20,21,22). The maximum Gasteiger partial charge on any atom is 0.166 e. The van der Waals surface area contributed by atoms with Gasteiger partial charge in [0, 0.05) is 5.56 Å². The molecule has 0 bridgehead atoms. The average Bonchev–Trinajstić information content (AvgIpc) is 2.61. The molecule has 1 atom stereocenters. The van der Waals surface area contributed by atoms with Gasteiger partial charge in [-0.05, 0) is 37.3 Å². The Labute approximate surface area is 139 Å². The van der Waals surface area contributed by atoms with E-state index in [-0.39, 0.29) is 6.04 Å². The van der Waals surface area contributed by atoms with Crippen LogP contribution in [0.25, 0.3) is 11.0 Å². The fourth-order valence-electron chi connectivity index (χ4n) is 2.53. The molecule has 0 fully saturated rings. The minimum absolute atomic E-state index is 0.0642. The highest BCUT2D eigenvalue weighted by atomic mass is 16.5. The molecule has 2 aromatic heterocycles. The number of nitrogen functional groups attached to an aromatic ring is 1. The van der Waals surface area contributed by atoms with Gasteiger partial charge >= 0.3 is 0 Å². The maximum atomic E-state index is 5.71. The van der Waals surface area contributed by atoms with Crippen LogP contribution in [0.1, 0.15) is 18.5 Å². The molecule has 24 heavy (non-hydrogen) atoms. The van der Waals surface area contributed by atoms with Crippen molar-refractivity contribution in [2.45, 2.75) is 13.0 Å². The second-order valence-corrected chi connectivity index (χ2v) is 5.30. The molecule has 0 spiro atoms. The van der Waals surface area contributed by atoms with Crippen LogP contribution in [0, 0.1) is 0 Å². The van der Waals surface area contributed by atoms with Crippen molar-refractivity contribution in [1.29, 1.82) is 0 Å². The van der Waals surface area contributed by atoms with Crippen LogP contribution in [-0.4, -0.2) is 29.2 Å². The van der Waals surface area contributed by atoms with E-state index >= 15 is 0 Å². The maximum absolute atomic E-state index is 5.71. The number of anilines is 2. The van der Waals surface area contributed by atoms with E-state index in [1.165, 1.54) is 6.33 Å². The largest absolute Gasteiger partial charge is 0.497 e. The summed E-state index contributed by atoms with van der Waals surface area (Å²) in [7, 11) is 3.28. The van der Waals surface area contributed by atoms with Gasteiger partial charge in [-0.1, -0.05) is 0 Å². The van der Waals surface area contributed by atoms with Gasteiger partial charge in [-0.3, -0.25) is 0 Å². The second-order valence-electron chi connectivity index (χ2n) is 5.30. The Morgan fingerprint density at radius 3 is 2.67 bits per heavy atom. The number of methoxy groups -OCH3 is 2. The van der Waals surface area contributed by atoms with Crippen molar-refractivity contribution in [2.75, 3.05) is 25.3 Å². The number of hydrogen-bond donors (Lipinski definition) is 2. The number of aromatic nitrogens is 3. The Morgan fingerprint density at radius 1 is 1.08 bits per heavy atom. The summed E-state index contributed by atoms with van der Waals surface area (Å²) in [5.74, 6) is 2.65. The summed E-state index contributed by atoms with van der Waals surface area (Å²) in [5.41, 5.74) is 7.23. The number of hydrogen-bond acceptors (Lipinski definition) is 7. The third kappa shape index (κ3) is 3.01. The average molecular weight is 325 g/mol. The zero-order valence-corrected chi connectivity index (χ0v) is 13.8. The highest BCUT2D eigenvalue weighted by Gasteiger charge is 2.15. The van der Waals surface area contributed by atoms with Gasteiger partial charge in [-0.15, -0.1) is 0 Å². The summed E-state index contributed by atoms with van der Waals surface area (Å²) in [4.78, 5) is 12.7. The van der Waals surface area contributed by atoms with E-state index in [4.69, 9.17) is 15.2 Å². The second kappa shape index (κ2) is 6.57. The van der Waals surface area contributed by atoms with E-state index < -0.39 is 0 Å². The monoisotopic (exact) mass is 325 g/mol. The Bertz CT molecular complexity index is 869. The molecule has 0 aliphatic carbocycles. The molecule has 7 nitrogen and oxygen atoms in total. The molecule has 1 aromatic carbocycles.